The smallest absolute Gasteiger partial charge is 0.135 e. The Morgan fingerprint density at radius 1 is 1.00 bits per heavy atom. The van der Waals surface area contributed by atoms with E-state index in [1.54, 1.807) is 24.3 Å². The number of benzene rings is 2. The second kappa shape index (κ2) is 4.84. The molecule has 4 heteroatoms. The summed E-state index contributed by atoms with van der Waals surface area (Å²) in [4.78, 5) is 0. The Morgan fingerprint density at radius 3 is 2.00 bits per heavy atom. The molecule has 0 unspecified atom stereocenters. The molecule has 88 valence electrons. The normalized spacial score (nSPS) is 10.4. The maximum absolute atomic E-state index is 13.7. The molecule has 17 heavy (non-hydrogen) atoms. The van der Waals surface area contributed by atoms with E-state index < -0.39 is 11.6 Å². The Labute approximate surface area is 106 Å². The first-order valence-corrected chi connectivity index (χ1v) is 5.70. The van der Waals surface area contributed by atoms with E-state index in [0.717, 1.165) is 0 Å². The van der Waals surface area contributed by atoms with Gasteiger partial charge < -0.3 is 4.74 Å². The molecular formula is C13H9BrF2O. The number of rotatable bonds is 2. The van der Waals surface area contributed by atoms with E-state index >= 15 is 0 Å². The molecule has 0 aromatic heterocycles. The molecule has 0 amide bonds. The molecule has 1 nitrogen and oxygen atoms in total. The zero-order valence-electron chi connectivity index (χ0n) is 9.01. The molecule has 0 bridgehead atoms. The molecule has 0 aliphatic carbocycles. The summed E-state index contributed by atoms with van der Waals surface area (Å²) < 4.78 is 32.7. The summed E-state index contributed by atoms with van der Waals surface area (Å²) in [6.45, 7) is 0. The van der Waals surface area contributed by atoms with E-state index in [-0.39, 0.29) is 5.56 Å². The lowest BCUT2D eigenvalue weighted by Crippen LogP contribution is -1.91. The first-order chi connectivity index (χ1) is 8.11. The van der Waals surface area contributed by atoms with Crippen molar-refractivity contribution in [3.8, 4) is 16.9 Å². The fraction of sp³-hybridized carbons (Fsp3) is 0.0769. The fourth-order valence-corrected chi connectivity index (χ4v) is 1.98. The summed E-state index contributed by atoms with van der Waals surface area (Å²) in [5.41, 5.74) is 0.448. The highest BCUT2D eigenvalue weighted by molar-refractivity contribution is 9.10. The largest absolute Gasteiger partial charge is 0.497 e. The summed E-state index contributed by atoms with van der Waals surface area (Å²) in [6.07, 6.45) is 0. The summed E-state index contributed by atoms with van der Waals surface area (Å²) >= 11 is 3.04. The van der Waals surface area contributed by atoms with Crippen LogP contribution in [-0.4, -0.2) is 7.11 Å². The predicted molar refractivity (Wildman–Crippen MR) is 66.0 cm³/mol. The van der Waals surface area contributed by atoms with Crippen molar-refractivity contribution in [1.82, 2.24) is 0 Å². The fourth-order valence-electron chi connectivity index (χ4n) is 1.58. The van der Waals surface area contributed by atoms with Crippen LogP contribution >= 0.6 is 15.9 Å². The summed E-state index contributed by atoms with van der Waals surface area (Å²) in [5, 5.41) is 0. The van der Waals surface area contributed by atoms with Crippen LogP contribution in [0.2, 0.25) is 0 Å². The van der Waals surface area contributed by atoms with Gasteiger partial charge in [0.2, 0.25) is 0 Å². The second-order valence-electron chi connectivity index (χ2n) is 3.47. The van der Waals surface area contributed by atoms with Gasteiger partial charge in [0.1, 0.15) is 17.4 Å². The molecule has 2 aromatic carbocycles. The van der Waals surface area contributed by atoms with Crippen molar-refractivity contribution in [3.05, 3.63) is 52.5 Å². The maximum Gasteiger partial charge on any atom is 0.135 e. The first-order valence-electron chi connectivity index (χ1n) is 4.91. The molecule has 0 heterocycles. The standard InChI is InChI=1S/C13H9BrF2O/c1-17-10-4-2-8(3-5-10)13-11(15)6-9(14)7-12(13)16/h2-7H,1H3. The molecule has 0 aliphatic rings. The summed E-state index contributed by atoms with van der Waals surface area (Å²) in [6, 6.07) is 9.04. The van der Waals surface area contributed by atoms with Crippen LogP contribution in [0.5, 0.6) is 5.75 Å². The van der Waals surface area contributed by atoms with Gasteiger partial charge in [0, 0.05) is 4.47 Å². The lowest BCUT2D eigenvalue weighted by Gasteiger charge is -2.07. The van der Waals surface area contributed by atoms with Crippen LogP contribution in [0.4, 0.5) is 8.78 Å². The highest BCUT2D eigenvalue weighted by atomic mass is 79.9. The maximum atomic E-state index is 13.7. The van der Waals surface area contributed by atoms with Crippen LogP contribution in [0.1, 0.15) is 0 Å². The van der Waals surface area contributed by atoms with Gasteiger partial charge in [-0.05, 0) is 29.8 Å². The Balaban J connectivity index is 2.52. The molecule has 0 spiro atoms. The Hall–Kier alpha value is -1.42. The third kappa shape index (κ3) is 2.47. The quantitative estimate of drug-likeness (QED) is 0.798. The molecule has 2 aromatic rings. The Morgan fingerprint density at radius 2 is 1.53 bits per heavy atom. The van der Waals surface area contributed by atoms with Gasteiger partial charge in [0.05, 0.1) is 12.7 Å². The summed E-state index contributed by atoms with van der Waals surface area (Å²) in [7, 11) is 1.54. The zero-order chi connectivity index (χ0) is 12.4. The van der Waals surface area contributed by atoms with Gasteiger partial charge in [-0.15, -0.1) is 0 Å². The lowest BCUT2D eigenvalue weighted by atomic mass is 10.0. The number of methoxy groups -OCH3 is 1. The van der Waals surface area contributed by atoms with Gasteiger partial charge in [0.15, 0.2) is 0 Å². The van der Waals surface area contributed by atoms with E-state index in [1.807, 2.05) is 0 Å². The highest BCUT2D eigenvalue weighted by Crippen LogP contribution is 2.29. The third-order valence-electron chi connectivity index (χ3n) is 2.39. The number of halogens is 3. The lowest BCUT2D eigenvalue weighted by molar-refractivity contribution is 0.415. The molecule has 0 radical (unpaired) electrons. The van der Waals surface area contributed by atoms with E-state index in [4.69, 9.17) is 4.74 Å². The van der Waals surface area contributed by atoms with Crippen molar-refractivity contribution < 1.29 is 13.5 Å². The van der Waals surface area contributed by atoms with Gasteiger partial charge in [0.25, 0.3) is 0 Å². The minimum Gasteiger partial charge on any atom is -0.497 e. The molecule has 0 saturated carbocycles. The van der Waals surface area contributed by atoms with Crippen LogP contribution in [0.25, 0.3) is 11.1 Å². The molecular weight excluding hydrogens is 290 g/mol. The van der Waals surface area contributed by atoms with Crippen LogP contribution in [-0.2, 0) is 0 Å². The highest BCUT2D eigenvalue weighted by Gasteiger charge is 2.12. The summed E-state index contributed by atoms with van der Waals surface area (Å²) in [5.74, 6) is -0.546. The van der Waals surface area contributed by atoms with Crippen molar-refractivity contribution in [2.45, 2.75) is 0 Å². The molecule has 0 saturated heterocycles. The predicted octanol–water partition coefficient (Wildman–Crippen LogP) is 4.40. The van der Waals surface area contributed by atoms with E-state index in [1.165, 1.54) is 19.2 Å². The van der Waals surface area contributed by atoms with Crippen LogP contribution in [0.3, 0.4) is 0 Å². The molecule has 0 N–H and O–H groups in total. The Kier molecular flexibility index (Phi) is 3.43. The van der Waals surface area contributed by atoms with Gasteiger partial charge in [-0.3, -0.25) is 0 Å². The number of hydrogen-bond donors (Lipinski definition) is 0. The molecule has 0 fully saturated rings. The second-order valence-corrected chi connectivity index (χ2v) is 4.39. The first kappa shape index (κ1) is 12.0. The number of ether oxygens (including phenoxy) is 1. The van der Waals surface area contributed by atoms with E-state index in [2.05, 4.69) is 15.9 Å². The topological polar surface area (TPSA) is 9.23 Å². The number of hydrogen-bond acceptors (Lipinski definition) is 1. The molecule has 0 aliphatic heterocycles. The SMILES string of the molecule is COc1ccc(-c2c(F)cc(Br)cc2F)cc1. The minimum absolute atomic E-state index is 0.0316. The van der Waals surface area contributed by atoms with Crippen LogP contribution in [0, 0.1) is 11.6 Å². The molecule has 0 atom stereocenters. The minimum atomic E-state index is -0.595. The average Bonchev–Trinajstić information content (AvgIpc) is 2.28. The monoisotopic (exact) mass is 298 g/mol. The zero-order valence-corrected chi connectivity index (χ0v) is 10.6. The van der Waals surface area contributed by atoms with E-state index in [9.17, 15) is 8.78 Å². The van der Waals surface area contributed by atoms with Crippen molar-refractivity contribution in [3.63, 3.8) is 0 Å². The van der Waals surface area contributed by atoms with Crippen molar-refractivity contribution in [2.75, 3.05) is 7.11 Å². The van der Waals surface area contributed by atoms with Gasteiger partial charge in [-0.2, -0.15) is 0 Å². The van der Waals surface area contributed by atoms with Gasteiger partial charge in [-0.25, -0.2) is 8.78 Å². The van der Waals surface area contributed by atoms with Crippen molar-refractivity contribution >= 4 is 15.9 Å². The van der Waals surface area contributed by atoms with Crippen LogP contribution in [0.15, 0.2) is 40.9 Å². The van der Waals surface area contributed by atoms with Gasteiger partial charge >= 0.3 is 0 Å². The average molecular weight is 299 g/mol. The van der Waals surface area contributed by atoms with Crippen molar-refractivity contribution in [1.29, 1.82) is 0 Å². The van der Waals surface area contributed by atoms with Crippen molar-refractivity contribution in [2.24, 2.45) is 0 Å². The van der Waals surface area contributed by atoms with E-state index in [0.29, 0.717) is 15.8 Å². The van der Waals surface area contributed by atoms with Gasteiger partial charge in [-0.1, -0.05) is 28.1 Å². The third-order valence-corrected chi connectivity index (χ3v) is 2.84. The molecule has 2 rings (SSSR count). The van der Waals surface area contributed by atoms with Crippen LogP contribution < -0.4 is 4.74 Å². The Bertz CT molecular complexity index is 515.